The molecule has 1 aromatic heterocycles. The van der Waals surface area contributed by atoms with E-state index in [0.29, 0.717) is 6.42 Å². The van der Waals surface area contributed by atoms with Gasteiger partial charge in [0.1, 0.15) is 11.4 Å². The first kappa shape index (κ1) is 16.7. The number of rotatable bonds is 6. The van der Waals surface area contributed by atoms with Gasteiger partial charge in [0, 0.05) is 20.0 Å². The SMILES string of the molecule is CCCn1c(N)c(C(=O)COC(=O)CC)c(=O)n(C)c1=O. The topological polar surface area (TPSA) is 113 Å². The predicted octanol–water partition coefficient (Wildman–Crippen LogP) is -0.325. The Hall–Kier alpha value is -2.38. The van der Waals surface area contributed by atoms with Crippen molar-refractivity contribution in [1.29, 1.82) is 0 Å². The first-order valence-corrected chi connectivity index (χ1v) is 6.63. The number of nitrogen functional groups attached to an aromatic ring is 1. The second-order valence-electron chi connectivity index (χ2n) is 4.50. The molecule has 2 N–H and O–H groups in total. The molecule has 0 amide bonds. The average Bonchev–Trinajstić information content (AvgIpc) is 2.47. The molecule has 0 aliphatic heterocycles. The van der Waals surface area contributed by atoms with Crippen molar-refractivity contribution in [1.82, 2.24) is 9.13 Å². The van der Waals surface area contributed by atoms with Gasteiger partial charge in [-0.15, -0.1) is 0 Å². The molecule has 0 atom stereocenters. The van der Waals surface area contributed by atoms with Crippen LogP contribution in [0.5, 0.6) is 0 Å². The summed E-state index contributed by atoms with van der Waals surface area (Å²) in [6, 6.07) is 0. The zero-order valence-electron chi connectivity index (χ0n) is 12.3. The molecule has 8 nitrogen and oxygen atoms in total. The van der Waals surface area contributed by atoms with Crippen LogP contribution in [0.15, 0.2) is 9.59 Å². The summed E-state index contributed by atoms with van der Waals surface area (Å²) in [5.41, 5.74) is 4.07. The minimum Gasteiger partial charge on any atom is -0.457 e. The fourth-order valence-corrected chi connectivity index (χ4v) is 1.81. The number of carbonyl (C=O) groups is 2. The summed E-state index contributed by atoms with van der Waals surface area (Å²) < 4.78 is 6.69. The second kappa shape index (κ2) is 6.87. The molecule has 0 unspecified atom stereocenters. The van der Waals surface area contributed by atoms with Gasteiger partial charge in [-0.3, -0.25) is 23.5 Å². The van der Waals surface area contributed by atoms with E-state index in [2.05, 4.69) is 0 Å². The van der Waals surface area contributed by atoms with E-state index in [-0.39, 0.29) is 24.3 Å². The van der Waals surface area contributed by atoms with Crippen LogP contribution in [-0.2, 0) is 23.1 Å². The number of ketones is 1. The summed E-state index contributed by atoms with van der Waals surface area (Å²) >= 11 is 0. The Morgan fingerprint density at radius 3 is 2.38 bits per heavy atom. The largest absolute Gasteiger partial charge is 0.457 e. The molecule has 0 bridgehead atoms. The Morgan fingerprint density at radius 1 is 1.24 bits per heavy atom. The normalized spacial score (nSPS) is 10.4. The van der Waals surface area contributed by atoms with E-state index < -0.39 is 29.6 Å². The quantitative estimate of drug-likeness (QED) is 0.568. The minimum atomic E-state index is -0.789. The summed E-state index contributed by atoms with van der Waals surface area (Å²) in [4.78, 5) is 47.1. The van der Waals surface area contributed by atoms with Crippen molar-refractivity contribution < 1.29 is 14.3 Å². The van der Waals surface area contributed by atoms with Gasteiger partial charge in [-0.25, -0.2) is 4.79 Å². The zero-order valence-corrected chi connectivity index (χ0v) is 12.3. The molecule has 0 aromatic carbocycles. The van der Waals surface area contributed by atoms with Crippen molar-refractivity contribution in [2.24, 2.45) is 7.05 Å². The van der Waals surface area contributed by atoms with Gasteiger partial charge in [-0.1, -0.05) is 13.8 Å². The van der Waals surface area contributed by atoms with Crippen LogP contribution < -0.4 is 17.0 Å². The third-order valence-electron chi connectivity index (χ3n) is 2.96. The van der Waals surface area contributed by atoms with Gasteiger partial charge in [0.15, 0.2) is 6.61 Å². The Morgan fingerprint density at radius 2 is 1.86 bits per heavy atom. The lowest BCUT2D eigenvalue weighted by atomic mass is 10.2. The van der Waals surface area contributed by atoms with Crippen LogP contribution in [0, 0.1) is 0 Å². The van der Waals surface area contributed by atoms with E-state index in [4.69, 9.17) is 10.5 Å². The van der Waals surface area contributed by atoms with Gasteiger partial charge in [0.2, 0.25) is 5.78 Å². The van der Waals surface area contributed by atoms with E-state index in [9.17, 15) is 19.2 Å². The molecule has 0 fully saturated rings. The number of carbonyl (C=O) groups excluding carboxylic acids is 2. The highest BCUT2D eigenvalue weighted by atomic mass is 16.5. The van der Waals surface area contributed by atoms with E-state index in [1.165, 1.54) is 7.05 Å². The van der Waals surface area contributed by atoms with Crippen LogP contribution >= 0.6 is 0 Å². The van der Waals surface area contributed by atoms with Gasteiger partial charge < -0.3 is 10.5 Å². The first-order valence-electron chi connectivity index (χ1n) is 6.63. The number of nitrogens with two attached hydrogens (primary N) is 1. The highest BCUT2D eigenvalue weighted by Gasteiger charge is 2.22. The molecular formula is C13H19N3O5. The fraction of sp³-hybridized carbons (Fsp3) is 0.538. The molecule has 0 radical (unpaired) electrons. The lowest BCUT2D eigenvalue weighted by Gasteiger charge is -2.13. The number of esters is 1. The molecule has 0 spiro atoms. The predicted molar refractivity (Wildman–Crippen MR) is 76.2 cm³/mol. The Balaban J connectivity index is 3.29. The Kier molecular flexibility index (Phi) is 5.45. The molecule has 0 aliphatic rings. The van der Waals surface area contributed by atoms with E-state index in [1.54, 1.807) is 6.92 Å². The molecule has 116 valence electrons. The van der Waals surface area contributed by atoms with Gasteiger partial charge in [0.25, 0.3) is 5.56 Å². The van der Waals surface area contributed by atoms with Crippen molar-refractivity contribution >= 4 is 17.6 Å². The van der Waals surface area contributed by atoms with E-state index in [0.717, 1.165) is 9.13 Å². The molecule has 1 heterocycles. The number of nitrogens with zero attached hydrogens (tertiary/aromatic N) is 2. The summed E-state index contributed by atoms with van der Waals surface area (Å²) in [5, 5.41) is 0. The van der Waals surface area contributed by atoms with Crippen LogP contribution in [0.2, 0.25) is 0 Å². The monoisotopic (exact) mass is 297 g/mol. The minimum absolute atomic E-state index is 0.121. The van der Waals surface area contributed by atoms with E-state index in [1.807, 2.05) is 6.92 Å². The molecule has 1 rings (SSSR count). The summed E-state index contributed by atoms with van der Waals surface area (Å²) in [7, 11) is 1.27. The molecule has 0 saturated heterocycles. The molecule has 1 aromatic rings. The maximum atomic E-state index is 12.0. The second-order valence-corrected chi connectivity index (χ2v) is 4.50. The standard InChI is InChI=1S/C13H19N3O5/c1-4-6-16-11(14)10(12(19)15(3)13(16)20)8(17)7-21-9(18)5-2/h4-7,14H2,1-3H3. The first-order chi connectivity index (χ1) is 9.84. The third kappa shape index (κ3) is 3.39. The number of anilines is 1. The maximum Gasteiger partial charge on any atom is 0.332 e. The van der Waals surface area contributed by atoms with Gasteiger partial charge in [-0.05, 0) is 6.42 Å². The van der Waals surface area contributed by atoms with Crippen LogP contribution in [0.4, 0.5) is 5.82 Å². The van der Waals surface area contributed by atoms with Crippen molar-refractivity contribution in [3.63, 3.8) is 0 Å². The van der Waals surface area contributed by atoms with Crippen LogP contribution in [0.1, 0.15) is 37.0 Å². The number of aromatic nitrogens is 2. The Labute approximate surface area is 121 Å². The van der Waals surface area contributed by atoms with Crippen molar-refractivity contribution in [2.45, 2.75) is 33.2 Å². The number of hydrogen-bond acceptors (Lipinski definition) is 6. The molecule has 0 aliphatic carbocycles. The van der Waals surface area contributed by atoms with Crippen LogP contribution in [0.25, 0.3) is 0 Å². The number of hydrogen-bond donors (Lipinski definition) is 1. The van der Waals surface area contributed by atoms with Crippen LogP contribution in [-0.4, -0.2) is 27.5 Å². The molecule has 8 heteroatoms. The molecule has 0 saturated carbocycles. The summed E-state index contributed by atoms with van der Waals surface area (Å²) in [6.07, 6.45) is 0.733. The van der Waals surface area contributed by atoms with Crippen molar-refractivity contribution in [2.75, 3.05) is 12.3 Å². The van der Waals surface area contributed by atoms with Crippen LogP contribution in [0.3, 0.4) is 0 Å². The Bertz CT molecular complexity index is 672. The highest BCUT2D eigenvalue weighted by Crippen LogP contribution is 2.07. The van der Waals surface area contributed by atoms with Gasteiger partial charge in [0.05, 0.1) is 0 Å². The number of ether oxygens (including phenoxy) is 1. The number of Topliss-reactive ketones (excluding diaryl/α,β-unsaturated/α-hetero) is 1. The smallest absolute Gasteiger partial charge is 0.332 e. The average molecular weight is 297 g/mol. The highest BCUT2D eigenvalue weighted by molar-refractivity contribution is 6.01. The van der Waals surface area contributed by atoms with Crippen molar-refractivity contribution in [3.05, 3.63) is 26.4 Å². The fourth-order valence-electron chi connectivity index (χ4n) is 1.81. The lowest BCUT2D eigenvalue weighted by Crippen LogP contribution is -2.43. The third-order valence-corrected chi connectivity index (χ3v) is 2.96. The van der Waals surface area contributed by atoms with Crippen molar-refractivity contribution in [3.8, 4) is 0 Å². The maximum absolute atomic E-state index is 12.0. The summed E-state index contributed by atoms with van der Waals surface area (Å²) in [6.45, 7) is 3.13. The lowest BCUT2D eigenvalue weighted by molar-refractivity contribution is -0.142. The molecule has 21 heavy (non-hydrogen) atoms. The zero-order chi connectivity index (χ0) is 16.2. The van der Waals surface area contributed by atoms with Gasteiger partial charge >= 0.3 is 11.7 Å². The summed E-state index contributed by atoms with van der Waals surface area (Å²) in [5.74, 6) is -1.47. The van der Waals surface area contributed by atoms with E-state index >= 15 is 0 Å². The molecular weight excluding hydrogens is 278 g/mol. The van der Waals surface area contributed by atoms with Gasteiger partial charge in [-0.2, -0.15) is 0 Å².